The fraction of sp³-hybridized carbons (Fsp3) is 0.185. The summed E-state index contributed by atoms with van der Waals surface area (Å²) in [6.45, 7) is 3.25. The lowest BCUT2D eigenvalue weighted by molar-refractivity contribution is -0.138. The second kappa shape index (κ2) is 9.52. The highest BCUT2D eigenvalue weighted by Crippen LogP contribution is 2.33. The van der Waals surface area contributed by atoms with Crippen molar-refractivity contribution in [3.63, 3.8) is 0 Å². The fourth-order valence-electron chi connectivity index (χ4n) is 3.91. The summed E-state index contributed by atoms with van der Waals surface area (Å²) in [5.74, 6) is 0.174. The van der Waals surface area contributed by atoms with E-state index >= 15 is 0 Å². The summed E-state index contributed by atoms with van der Waals surface area (Å²) in [4.78, 5) is 30.2. The Morgan fingerprint density at radius 3 is 1.97 bits per heavy atom. The number of hydrogen-bond acceptors (Lipinski definition) is 4. The summed E-state index contributed by atoms with van der Waals surface area (Å²) in [7, 11) is 1.86. The van der Waals surface area contributed by atoms with E-state index in [9.17, 15) is 9.59 Å². The van der Waals surface area contributed by atoms with Crippen LogP contribution in [-0.4, -0.2) is 35.3 Å². The highest BCUT2D eigenvalue weighted by atomic mass is 16.5. The van der Waals surface area contributed by atoms with E-state index in [1.54, 1.807) is 0 Å². The maximum Gasteiger partial charge on any atom is 0.278 e. The molecule has 0 saturated carbocycles. The number of hydrogen-bond donors (Lipinski definition) is 0. The van der Waals surface area contributed by atoms with Crippen molar-refractivity contribution in [3.8, 4) is 5.75 Å². The smallest absolute Gasteiger partial charge is 0.278 e. The van der Waals surface area contributed by atoms with Crippen molar-refractivity contribution in [2.75, 3.05) is 13.7 Å². The second-order valence-corrected chi connectivity index (χ2v) is 7.70. The van der Waals surface area contributed by atoms with Gasteiger partial charge < -0.3 is 9.64 Å². The number of ether oxygens (including phenoxy) is 1. The normalized spacial score (nSPS) is 13.6. The van der Waals surface area contributed by atoms with Gasteiger partial charge in [0.15, 0.2) is 0 Å². The van der Waals surface area contributed by atoms with Crippen LogP contribution >= 0.6 is 0 Å². The summed E-state index contributed by atoms with van der Waals surface area (Å²) in [5.41, 5.74) is 3.52. The van der Waals surface area contributed by atoms with Crippen LogP contribution in [0.15, 0.2) is 90.6 Å². The minimum Gasteiger partial charge on any atom is -0.494 e. The molecule has 0 saturated heterocycles. The highest BCUT2D eigenvalue weighted by Gasteiger charge is 2.40. The molecule has 0 atom stereocenters. The zero-order chi connectivity index (χ0) is 22.5. The number of benzene rings is 3. The monoisotopic (exact) mass is 426 g/mol. The highest BCUT2D eigenvalue weighted by molar-refractivity contribution is 6.35. The van der Waals surface area contributed by atoms with E-state index in [1.165, 1.54) is 4.90 Å². The number of nitrogens with zero attached hydrogens (tertiary/aromatic N) is 2. The fourth-order valence-corrected chi connectivity index (χ4v) is 3.91. The Kier molecular flexibility index (Phi) is 6.36. The molecule has 1 aliphatic heterocycles. The van der Waals surface area contributed by atoms with E-state index in [0.29, 0.717) is 30.0 Å². The third-order valence-electron chi connectivity index (χ3n) is 5.43. The zero-order valence-corrected chi connectivity index (χ0v) is 18.3. The van der Waals surface area contributed by atoms with Gasteiger partial charge in [0.1, 0.15) is 11.4 Å². The summed E-state index contributed by atoms with van der Waals surface area (Å²) in [6.07, 6.45) is 0. The minimum atomic E-state index is -0.280. The quantitative estimate of drug-likeness (QED) is 0.498. The van der Waals surface area contributed by atoms with Gasteiger partial charge in [0.25, 0.3) is 11.8 Å². The van der Waals surface area contributed by atoms with Crippen LogP contribution < -0.4 is 4.74 Å². The van der Waals surface area contributed by atoms with Gasteiger partial charge >= 0.3 is 0 Å². The van der Waals surface area contributed by atoms with Crippen LogP contribution in [0.3, 0.4) is 0 Å². The van der Waals surface area contributed by atoms with E-state index in [-0.39, 0.29) is 18.4 Å². The minimum absolute atomic E-state index is 0.238. The van der Waals surface area contributed by atoms with Crippen LogP contribution in [0.2, 0.25) is 0 Å². The standard InChI is InChI=1S/C27H26N2O3/c1-3-32-23-16-14-22(15-17-23)24-25(28(2)18-20-10-6-4-7-11-20)27(31)29(26(24)30)19-21-12-8-5-9-13-21/h4-17H,3,18-19H2,1-2H3. The zero-order valence-electron chi connectivity index (χ0n) is 18.3. The molecule has 162 valence electrons. The Morgan fingerprint density at radius 1 is 0.781 bits per heavy atom. The van der Waals surface area contributed by atoms with Gasteiger partial charge in [-0.15, -0.1) is 0 Å². The number of amides is 2. The number of carbonyl (C=O) groups excluding carboxylic acids is 2. The van der Waals surface area contributed by atoms with Crippen molar-refractivity contribution >= 4 is 17.4 Å². The van der Waals surface area contributed by atoms with Crippen LogP contribution in [0.5, 0.6) is 5.75 Å². The molecule has 0 fully saturated rings. The average Bonchev–Trinajstić information content (AvgIpc) is 3.06. The first-order valence-electron chi connectivity index (χ1n) is 10.7. The molecule has 0 aromatic heterocycles. The SMILES string of the molecule is CCOc1ccc(C2=C(N(C)Cc3ccccc3)C(=O)N(Cc3ccccc3)C2=O)cc1. The Balaban J connectivity index is 1.71. The Hall–Kier alpha value is -3.86. The number of likely N-dealkylation sites (N-methyl/N-ethyl adjacent to an activating group) is 1. The lowest BCUT2D eigenvalue weighted by Crippen LogP contribution is -2.33. The molecule has 0 bridgehead atoms. The van der Waals surface area contributed by atoms with Gasteiger partial charge in [-0.05, 0) is 35.7 Å². The van der Waals surface area contributed by atoms with E-state index in [1.807, 2.05) is 104 Å². The first-order valence-corrected chi connectivity index (χ1v) is 10.7. The Labute approximate surface area is 188 Å². The molecule has 32 heavy (non-hydrogen) atoms. The molecular formula is C27H26N2O3. The van der Waals surface area contributed by atoms with Gasteiger partial charge in [0.2, 0.25) is 0 Å². The molecule has 0 radical (unpaired) electrons. The van der Waals surface area contributed by atoms with Crippen molar-refractivity contribution in [1.29, 1.82) is 0 Å². The van der Waals surface area contributed by atoms with E-state index < -0.39 is 0 Å². The van der Waals surface area contributed by atoms with Crippen LogP contribution in [0.25, 0.3) is 5.57 Å². The molecule has 2 amide bonds. The van der Waals surface area contributed by atoms with Gasteiger partial charge in [-0.3, -0.25) is 14.5 Å². The molecule has 1 heterocycles. The molecule has 0 aliphatic carbocycles. The molecule has 0 spiro atoms. The van der Waals surface area contributed by atoms with Crippen LogP contribution in [0.4, 0.5) is 0 Å². The second-order valence-electron chi connectivity index (χ2n) is 7.70. The largest absolute Gasteiger partial charge is 0.494 e. The predicted octanol–water partition coefficient (Wildman–Crippen LogP) is 4.50. The number of imide groups is 1. The molecule has 3 aromatic carbocycles. The maximum atomic E-state index is 13.5. The van der Waals surface area contributed by atoms with Crippen molar-refractivity contribution in [3.05, 3.63) is 107 Å². The molecule has 3 aromatic rings. The molecule has 4 rings (SSSR count). The van der Waals surface area contributed by atoms with Gasteiger partial charge in [-0.25, -0.2) is 0 Å². The van der Waals surface area contributed by atoms with Crippen molar-refractivity contribution in [2.45, 2.75) is 20.0 Å². The predicted molar refractivity (Wildman–Crippen MR) is 124 cm³/mol. The summed E-state index contributed by atoms with van der Waals surface area (Å²) < 4.78 is 5.54. The van der Waals surface area contributed by atoms with Gasteiger partial charge in [-0.2, -0.15) is 0 Å². The number of rotatable bonds is 8. The van der Waals surface area contributed by atoms with Crippen molar-refractivity contribution < 1.29 is 14.3 Å². The molecule has 0 N–H and O–H groups in total. The summed E-state index contributed by atoms with van der Waals surface area (Å²) >= 11 is 0. The average molecular weight is 427 g/mol. The molecule has 1 aliphatic rings. The Morgan fingerprint density at radius 2 is 1.38 bits per heavy atom. The molecule has 0 unspecified atom stereocenters. The molecular weight excluding hydrogens is 400 g/mol. The Bertz CT molecular complexity index is 1120. The third kappa shape index (κ3) is 4.42. The van der Waals surface area contributed by atoms with Crippen LogP contribution in [0.1, 0.15) is 23.6 Å². The van der Waals surface area contributed by atoms with Crippen molar-refractivity contribution in [2.24, 2.45) is 0 Å². The first-order chi connectivity index (χ1) is 15.6. The molecule has 5 nitrogen and oxygen atoms in total. The van der Waals surface area contributed by atoms with E-state index in [2.05, 4.69) is 0 Å². The summed E-state index contributed by atoms with van der Waals surface area (Å²) in [6, 6.07) is 26.8. The lowest BCUT2D eigenvalue weighted by Gasteiger charge is -2.21. The van der Waals surface area contributed by atoms with Crippen molar-refractivity contribution in [1.82, 2.24) is 9.80 Å². The van der Waals surface area contributed by atoms with Crippen LogP contribution in [-0.2, 0) is 22.7 Å². The van der Waals surface area contributed by atoms with E-state index in [4.69, 9.17) is 4.74 Å². The first kappa shape index (κ1) is 21.4. The van der Waals surface area contributed by atoms with Gasteiger partial charge in [0, 0.05) is 13.6 Å². The van der Waals surface area contributed by atoms with Gasteiger partial charge in [0.05, 0.1) is 18.7 Å². The number of carbonyl (C=O) groups is 2. The third-order valence-corrected chi connectivity index (χ3v) is 5.43. The maximum absolute atomic E-state index is 13.5. The molecule has 5 heteroatoms. The van der Waals surface area contributed by atoms with Gasteiger partial charge in [-0.1, -0.05) is 72.8 Å². The topological polar surface area (TPSA) is 49.9 Å². The lowest BCUT2D eigenvalue weighted by atomic mass is 10.0. The van der Waals surface area contributed by atoms with E-state index in [0.717, 1.165) is 16.9 Å². The van der Waals surface area contributed by atoms with Crippen LogP contribution in [0, 0.1) is 0 Å². The summed E-state index contributed by atoms with van der Waals surface area (Å²) in [5, 5.41) is 0.